The summed E-state index contributed by atoms with van der Waals surface area (Å²) in [5.74, 6) is 1.33. The largest absolute Gasteiger partial charge is 0.382 e. The van der Waals surface area contributed by atoms with Crippen LogP contribution in [0.1, 0.15) is 31.2 Å². The molecule has 1 aliphatic carbocycles. The molecule has 166 valence electrons. The van der Waals surface area contributed by atoms with E-state index < -0.39 is 0 Å². The fourth-order valence-electron chi connectivity index (χ4n) is 5.71. The molecule has 0 radical (unpaired) electrons. The van der Waals surface area contributed by atoms with Crippen LogP contribution in [0, 0.1) is 17.2 Å². The summed E-state index contributed by atoms with van der Waals surface area (Å²) in [7, 11) is 0. The van der Waals surface area contributed by atoms with Gasteiger partial charge in [-0.15, -0.1) is 0 Å². The van der Waals surface area contributed by atoms with Crippen molar-refractivity contribution in [1.29, 1.82) is 5.26 Å². The molecule has 1 aromatic carbocycles. The minimum absolute atomic E-state index is 0.106. The lowest BCUT2D eigenvalue weighted by Crippen LogP contribution is -2.58. The van der Waals surface area contributed by atoms with Crippen molar-refractivity contribution in [2.75, 3.05) is 23.3 Å². The highest BCUT2D eigenvalue weighted by atomic mass is 16.2. The highest BCUT2D eigenvalue weighted by Crippen LogP contribution is 2.38. The number of piperazine rings is 1. The normalized spacial score (nSPS) is 26.0. The predicted molar refractivity (Wildman–Crippen MR) is 127 cm³/mol. The maximum Gasteiger partial charge on any atom is 0.225 e. The Balaban J connectivity index is 1.07. The Labute approximate surface area is 193 Å². The van der Waals surface area contributed by atoms with E-state index in [0.717, 1.165) is 61.2 Å². The average molecular weight is 439 g/mol. The van der Waals surface area contributed by atoms with Gasteiger partial charge in [0.25, 0.3) is 0 Å². The van der Waals surface area contributed by atoms with E-state index in [0.29, 0.717) is 29.6 Å². The summed E-state index contributed by atoms with van der Waals surface area (Å²) in [6.45, 7) is 1.53. The van der Waals surface area contributed by atoms with E-state index in [2.05, 4.69) is 43.3 Å². The average Bonchev–Trinajstić information content (AvgIpc) is 3.09. The Morgan fingerprint density at radius 2 is 1.85 bits per heavy atom. The van der Waals surface area contributed by atoms with Crippen LogP contribution in [0.5, 0.6) is 0 Å². The fraction of sp³-hybridized carbons (Fsp3) is 0.385. The van der Waals surface area contributed by atoms with Crippen LogP contribution in [0.4, 0.5) is 11.5 Å². The molecule has 2 bridgehead atoms. The molecular weight excluding hydrogens is 412 g/mol. The summed E-state index contributed by atoms with van der Waals surface area (Å²) in [4.78, 5) is 26.6. The van der Waals surface area contributed by atoms with E-state index in [-0.39, 0.29) is 5.92 Å². The molecular formula is C26H26N6O. The van der Waals surface area contributed by atoms with E-state index in [1.54, 1.807) is 6.20 Å². The van der Waals surface area contributed by atoms with Gasteiger partial charge in [-0.2, -0.15) is 5.26 Å². The molecule has 7 heteroatoms. The van der Waals surface area contributed by atoms with Gasteiger partial charge in [-0.25, -0.2) is 4.98 Å². The number of fused-ring (bicyclic) bond motifs is 3. The van der Waals surface area contributed by atoms with Crippen LogP contribution in [0.15, 0.2) is 54.9 Å². The van der Waals surface area contributed by atoms with Crippen molar-refractivity contribution < 1.29 is 4.79 Å². The molecule has 2 aliphatic heterocycles. The van der Waals surface area contributed by atoms with Gasteiger partial charge in [-0.3, -0.25) is 9.78 Å². The van der Waals surface area contributed by atoms with Crippen molar-refractivity contribution in [1.82, 2.24) is 14.9 Å². The zero-order chi connectivity index (χ0) is 22.4. The number of nitriles is 1. The van der Waals surface area contributed by atoms with Gasteiger partial charge in [-0.1, -0.05) is 6.07 Å². The Bertz CT molecular complexity index is 1210. The van der Waals surface area contributed by atoms with Crippen molar-refractivity contribution in [2.24, 2.45) is 5.92 Å². The van der Waals surface area contributed by atoms with Gasteiger partial charge in [0, 0.05) is 60.6 Å². The second-order valence-corrected chi connectivity index (χ2v) is 9.44. The van der Waals surface area contributed by atoms with Gasteiger partial charge in [0.05, 0.1) is 11.1 Å². The maximum atomic E-state index is 13.3. The Hall–Kier alpha value is -3.66. The molecule has 2 atom stereocenters. The smallest absolute Gasteiger partial charge is 0.225 e. The molecule has 33 heavy (non-hydrogen) atoms. The Morgan fingerprint density at radius 3 is 2.58 bits per heavy atom. The lowest BCUT2D eigenvalue weighted by atomic mass is 9.79. The van der Waals surface area contributed by atoms with Crippen molar-refractivity contribution >= 4 is 28.3 Å². The Morgan fingerprint density at radius 1 is 1.03 bits per heavy atom. The van der Waals surface area contributed by atoms with Crippen LogP contribution >= 0.6 is 0 Å². The lowest BCUT2D eigenvalue weighted by molar-refractivity contribution is -0.139. The van der Waals surface area contributed by atoms with Crippen LogP contribution in [0.3, 0.4) is 0 Å². The number of nitrogens with one attached hydrogen (secondary N) is 1. The van der Waals surface area contributed by atoms with Gasteiger partial charge in [0.15, 0.2) is 0 Å². The number of anilines is 2. The molecule has 3 aromatic rings. The van der Waals surface area contributed by atoms with E-state index in [1.165, 1.54) is 0 Å². The van der Waals surface area contributed by atoms with E-state index in [1.807, 2.05) is 36.5 Å². The molecule has 3 fully saturated rings. The molecule has 2 aromatic heterocycles. The number of amides is 1. The Kier molecular flexibility index (Phi) is 4.87. The molecule has 1 N–H and O–H groups in total. The summed E-state index contributed by atoms with van der Waals surface area (Å²) in [5.41, 5.74) is 2.66. The van der Waals surface area contributed by atoms with Crippen LogP contribution < -0.4 is 10.2 Å². The zero-order valence-corrected chi connectivity index (χ0v) is 18.4. The van der Waals surface area contributed by atoms with Crippen molar-refractivity contribution in [3.8, 4) is 6.07 Å². The molecule has 1 amide bonds. The summed E-state index contributed by atoms with van der Waals surface area (Å²) >= 11 is 0. The highest BCUT2D eigenvalue weighted by Gasteiger charge is 2.45. The molecule has 3 aliphatic rings. The first kappa shape index (κ1) is 20.0. The summed E-state index contributed by atoms with van der Waals surface area (Å²) in [5, 5.41) is 13.8. The van der Waals surface area contributed by atoms with Gasteiger partial charge in [0.2, 0.25) is 5.91 Å². The lowest BCUT2D eigenvalue weighted by Gasteiger charge is -2.45. The third kappa shape index (κ3) is 3.56. The maximum absolute atomic E-state index is 13.3. The predicted octanol–water partition coefficient (Wildman–Crippen LogP) is 3.57. The van der Waals surface area contributed by atoms with Crippen LogP contribution in [-0.4, -0.2) is 52.0 Å². The summed E-state index contributed by atoms with van der Waals surface area (Å²) in [6, 6.07) is 17.0. The van der Waals surface area contributed by atoms with Crippen molar-refractivity contribution in [3.05, 3.63) is 60.4 Å². The van der Waals surface area contributed by atoms with Crippen molar-refractivity contribution in [2.45, 2.75) is 43.8 Å². The molecule has 0 spiro atoms. The first-order chi connectivity index (χ1) is 16.2. The summed E-state index contributed by atoms with van der Waals surface area (Å²) < 4.78 is 0. The second kappa shape index (κ2) is 8.04. The SMILES string of the molecule is N#Cc1ccc(N2C3CCC2CN(C(=O)C2CC(Nc4cccc5ncccc45)C2)C3)nc1. The van der Waals surface area contributed by atoms with E-state index in [9.17, 15) is 4.79 Å². The van der Waals surface area contributed by atoms with Crippen LogP contribution in [0.25, 0.3) is 10.9 Å². The quantitative estimate of drug-likeness (QED) is 0.670. The number of aromatic nitrogens is 2. The number of hydrogen-bond donors (Lipinski definition) is 1. The monoisotopic (exact) mass is 438 g/mol. The van der Waals surface area contributed by atoms with Crippen LogP contribution in [0.2, 0.25) is 0 Å². The fourth-order valence-corrected chi connectivity index (χ4v) is 5.71. The van der Waals surface area contributed by atoms with Gasteiger partial charge in [-0.05, 0) is 62.1 Å². The number of nitrogens with zero attached hydrogens (tertiary/aromatic N) is 5. The molecule has 2 unspecified atom stereocenters. The highest BCUT2D eigenvalue weighted by molar-refractivity contribution is 5.91. The first-order valence-electron chi connectivity index (χ1n) is 11.7. The van der Waals surface area contributed by atoms with E-state index in [4.69, 9.17) is 5.26 Å². The topological polar surface area (TPSA) is 85.2 Å². The number of hydrogen-bond acceptors (Lipinski definition) is 6. The number of carbonyl (C=O) groups excluding carboxylic acids is 1. The number of carbonyl (C=O) groups is 1. The molecule has 6 rings (SSSR count). The van der Waals surface area contributed by atoms with E-state index >= 15 is 0 Å². The first-order valence-corrected chi connectivity index (χ1v) is 11.7. The number of rotatable bonds is 4. The molecule has 7 nitrogen and oxygen atoms in total. The number of benzene rings is 1. The number of likely N-dealkylation sites (tertiary alicyclic amines) is 1. The standard InChI is InChI=1S/C26H26N6O/c27-13-17-6-9-25(29-14-17)32-20-7-8-21(32)16-31(15-20)26(33)18-11-19(12-18)30-24-5-1-4-23-22(24)3-2-10-28-23/h1-6,9-10,14,18-21,30H,7-8,11-12,15-16H2. The molecule has 2 saturated heterocycles. The summed E-state index contributed by atoms with van der Waals surface area (Å²) in [6.07, 6.45) is 7.37. The van der Waals surface area contributed by atoms with Crippen molar-refractivity contribution in [3.63, 3.8) is 0 Å². The van der Waals surface area contributed by atoms with Gasteiger partial charge in [0.1, 0.15) is 11.9 Å². The zero-order valence-electron chi connectivity index (χ0n) is 18.4. The molecule has 1 saturated carbocycles. The van der Waals surface area contributed by atoms with Crippen LogP contribution in [-0.2, 0) is 4.79 Å². The van der Waals surface area contributed by atoms with Gasteiger partial charge < -0.3 is 15.1 Å². The minimum atomic E-state index is 0.106. The molecule has 4 heterocycles. The second-order valence-electron chi connectivity index (χ2n) is 9.44. The third-order valence-electron chi connectivity index (χ3n) is 7.43. The minimum Gasteiger partial charge on any atom is -0.382 e. The third-order valence-corrected chi connectivity index (χ3v) is 7.43. The number of pyridine rings is 2. The van der Waals surface area contributed by atoms with Gasteiger partial charge >= 0.3 is 0 Å².